The van der Waals surface area contributed by atoms with Gasteiger partial charge in [0, 0.05) is 18.4 Å². The highest BCUT2D eigenvalue weighted by Crippen LogP contribution is 2.17. The van der Waals surface area contributed by atoms with E-state index >= 15 is 0 Å². The second-order valence-corrected chi connectivity index (χ2v) is 3.41. The van der Waals surface area contributed by atoms with Crippen molar-refractivity contribution in [1.29, 1.82) is 0 Å². The van der Waals surface area contributed by atoms with Gasteiger partial charge in [0.15, 0.2) is 0 Å². The topological polar surface area (TPSA) is 81.5 Å². The Hall–Kier alpha value is -1.24. The smallest absolute Gasteiger partial charge is 0.329 e. The van der Waals surface area contributed by atoms with Gasteiger partial charge >= 0.3 is 11.1 Å². The number of nitrogens with one attached hydrogen (secondary N) is 1. The van der Waals surface area contributed by atoms with E-state index in [-0.39, 0.29) is 0 Å². The highest BCUT2D eigenvalue weighted by atomic mass is 32.2. The first kappa shape index (κ1) is 9.85. The standard InChI is InChI=1S/C6H8N2O4S/c9-6(12-8(10)11)4-5-7-2-1-3-13-5/h4,7H,1-3H2. The number of thioether (sulfide) groups is 1. The van der Waals surface area contributed by atoms with Crippen molar-refractivity contribution in [2.45, 2.75) is 6.42 Å². The summed E-state index contributed by atoms with van der Waals surface area (Å²) in [7, 11) is 0. The first-order valence-corrected chi connectivity index (χ1v) is 4.62. The average molecular weight is 204 g/mol. The normalized spacial score (nSPS) is 19.2. The maximum absolute atomic E-state index is 10.7. The lowest BCUT2D eigenvalue weighted by molar-refractivity contribution is -0.728. The number of rotatable bonds is 2. The Kier molecular flexibility index (Phi) is 3.56. The third kappa shape index (κ3) is 3.79. The summed E-state index contributed by atoms with van der Waals surface area (Å²) in [5.74, 6) is -0.0493. The SMILES string of the molecule is O=C(C=C1NCCCS1)O[N+](=O)[O-]. The molecule has 0 saturated carbocycles. The van der Waals surface area contributed by atoms with Crippen molar-refractivity contribution in [2.24, 2.45) is 0 Å². The van der Waals surface area contributed by atoms with Crippen molar-refractivity contribution in [3.8, 4) is 0 Å². The Balaban J connectivity index is 2.43. The number of carbonyl (C=O) groups excluding carboxylic acids is 1. The van der Waals surface area contributed by atoms with Crippen LogP contribution in [0.4, 0.5) is 0 Å². The summed E-state index contributed by atoms with van der Waals surface area (Å²) in [6.07, 6.45) is 2.11. The van der Waals surface area contributed by atoms with E-state index in [9.17, 15) is 14.9 Å². The zero-order valence-electron chi connectivity index (χ0n) is 6.69. The molecule has 1 aliphatic heterocycles. The summed E-state index contributed by atoms with van der Waals surface area (Å²) in [4.78, 5) is 24.2. The van der Waals surface area contributed by atoms with Gasteiger partial charge in [-0.2, -0.15) is 0 Å². The molecule has 0 spiro atoms. The van der Waals surface area contributed by atoms with Crippen molar-refractivity contribution in [2.75, 3.05) is 12.3 Å². The van der Waals surface area contributed by atoms with Crippen LogP contribution in [0, 0.1) is 10.1 Å². The molecule has 0 aromatic carbocycles. The number of carbonyl (C=O) groups is 1. The Morgan fingerprint density at radius 3 is 3.08 bits per heavy atom. The van der Waals surface area contributed by atoms with Gasteiger partial charge in [0.05, 0.1) is 5.03 Å². The molecule has 0 radical (unpaired) electrons. The van der Waals surface area contributed by atoms with Crippen molar-refractivity contribution < 1.29 is 14.7 Å². The van der Waals surface area contributed by atoms with Gasteiger partial charge in [-0.1, -0.05) is 0 Å². The zero-order chi connectivity index (χ0) is 9.68. The Labute approximate surface area is 78.4 Å². The predicted octanol–water partition coefficient (Wildman–Crippen LogP) is 0.289. The predicted molar refractivity (Wildman–Crippen MR) is 46.2 cm³/mol. The van der Waals surface area contributed by atoms with Gasteiger partial charge in [-0.3, -0.25) is 4.79 Å². The van der Waals surface area contributed by atoms with Gasteiger partial charge in [-0.25, -0.2) is 4.84 Å². The Morgan fingerprint density at radius 2 is 2.54 bits per heavy atom. The minimum Gasteiger partial charge on any atom is -0.380 e. The summed E-state index contributed by atoms with van der Waals surface area (Å²) in [6, 6.07) is 0. The monoisotopic (exact) mass is 204 g/mol. The minimum atomic E-state index is -1.12. The quantitative estimate of drug-likeness (QED) is 0.395. The van der Waals surface area contributed by atoms with E-state index < -0.39 is 11.1 Å². The molecule has 1 rings (SSSR count). The molecule has 0 amide bonds. The maximum Gasteiger partial charge on any atom is 0.329 e. The van der Waals surface area contributed by atoms with Crippen molar-refractivity contribution in [1.82, 2.24) is 5.32 Å². The Morgan fingerprint density at radius 1 is 1.77 bits per heavy atom. The molecule has 1 aliphatic rings. The van der Waals surface area contributed by atoms with Crippen LogP contribution in [0.15, 0.2) is 11.1 Å². The molecule has 1 saturated heterocycles. The molecule has 0 atom stereocenters. The molecule has 6 nitrogen and oxygen atoms in total. The van der Waals surface area contributed by atoms with Crippen LogP contribution in [0.3, 0.4) is 0 Å². The van der Waals surface area contributed by atoms with E-state index in [1.54, 1.807) is 0 Å². The lowest BCUT2D eigenvalue weighted by Crippen LogP contribution is -2.20. The number of nitrogens with zero attached hydrogens (tertiary/aromatic N) is 1. The minimum absolute atomic E-state index is 0.623. The molecule has 0 bridgehead atoms. The van der Waals surface area contributed by atoms with Gasteiger partial charge in [-0.15, -0.1) is 21.9 Å². The fourth-order valence-corrected chi connectivity index (χ4v) is 1.71. The van der Waals surface area contributed by atoms with Gasteiger partial charge in [0.25, 0.3) is 0 Å². The summed E-state index contributed by atoms with van der Waals surface area (Å²) >= 11 is 1.45. The van der Waals surface area contributed by atoms with E-state index in [0.29, 0.717) is 5.03 Å². The van der Waals surface area contributed by atoms with Crippen LogP contribution in [0.25, 0.3) is 0 Å². The Bertz CT molecular complexity index is 245. The molecule has 1 heterocycles. The van der Waals surface area contributed by atoms with E-state index in [4.69, 9.17) is 0 Å². The fraction of sp³-hybridized carbons (Fsp3) is 0.500. The van der Waals surface area contributed by atoms with Crippen molar-refractivity contribution in [3.05, 3.63) is 21.2 Å². The second kappa shape index (κ2) is 4.70. The third-order valence-electron chi connectivity index (χ3n) is 1.29. The van der Waals surface area contributed by atoms with Crippen molar-refractivity contribution >= 4 is 17.7 Å². The van der Waals surface area contributed by atoms with Crippen molar-refractivity contribution in [3.63, 3.8) is 0 Å². The van der Waals surface area contributed by atoms with E-state index in [2.05, 4.69) is 10.2 Å². The number of hydrogen-bond acceptors (Lipinski definition) is 6. The molecule has 0 aliphatic carbocycles. The molecule has 7 heteroatoms. The average Bonchev–Trinajstić information content (AvgIpc) is 2.04. The lowest BCUT2D eigenvalue weighted by Gasteiger charge is -2.14. The van der Waals surface area contributed by atoms with Crippen LogP contribution in [-0.2, 0) is 9.63 Å². The lowest BCUT2D eigenvalue weighted by atomic mass is 10.5. The van der Waals surface area contributed by atoms with Gasteiger partial charge in [0.2, 0.25) is 0 Å². The van der Waals surface area contributed by atoms with Crippen LogP contribution >= 0.6 is 11.8 Å². The molecule has 1 N–H and O–H groups in total. The highest BCUT2D eigenvalue weighted by molar-refractivity contribution is 8.03. The van der Waals surface area contributed by atoms with Gasteiger partial charge < -0.3 is 5.32 Å². The highest BCUT2D eigenvalue weighted by Gasteiger charge is 2.09. The molecular weight excluding hydrogens is 196 g/mol. The molecule has 0 aromatic rings. The first-order chi connectivity index (χ1) is 6.18. The maximum atomic E-state index is 10.7. The van der Waals surface area contributed by atoms with Crippen LogP contribution in [0.5, 0.6) is 0 Å². The number of hydrogen-bond donors (Lipinski definition) is 1. The van der Waals surface area contributed by atoms with E-state index in [0.717, 1.165) is 24.8 Å². The summed E-state index contributed by atoms with van der Waals surface area (Å²) in [6.45, 7) is 0.782. The van der Waals surface area contributed by atoms with Crippen LogP contribution < -0.4 is 5.32 Å². The van der Waals surface area contributed by atoms with Crippen LogP contribution in [0.2, 0.25) is 0 Å². The first-order valence-electron chi connectivity index (χ1n) is 3.63. The molecule has 0 unspecified atom stereocenters. The van der Waals surface area contributed by atoms with E-state index in [1.165, 1.54) is 11.8 Å². The van der Waals surface area contributed by atoms with E-state index in [1.807, 2.05) is 0 Å². The van der Waals surface area contributed by atoms with Crippen LogP contribution in [-0.4, -0.2) is 23.4 Å². The molecular formula is C6H8N2O4S. The largest absolute Gasteiger partial charge is 0.380 e. The fourth-order valence-electron chi connectivity index (χ4n) is 0.816. The summed E-state index contributed by atoms with van der Waals surface area (Å²) in [5, 5.41) is 12.2. The summed E-state index contributed by atoms with van der Waals surface area (Å²) < 4.78 is 0. The zero-order valence-corrected chi connectivity index (χ0v) is 7.50. The third-order valence-corrected chi connectivity index (χ3v) is 2.36. The molecule has 1 fully saturated rings. The van der Waals surface area contributed by atoms with Gasteiger partial charge in [-0.05, 0) is 6.42 Å². The molecule has 13 heavy (non-hydrogen) atoms. The van der Waals surface area contributed by atoms with Gasteiger partial charge in [0.1, 0.15) is 0 Å². The molecule has 72 valence electrons. The summed E-state index contributed by atoms with van der Waals surface area (Å²) in [5.41, 5.74) is 0. The van der Waals surface area contributed by atoms with Crippen LogP contribution in [0.1, 0.15) is 6.42 Å². The molecule has 0 aromatic heterocycles. The second-order valence-electron chi connectivity index (χ2n) is 2.27.